The van der Waals surface area contributed by atoms with Gasteiger partial charge in [0.1, 0.15) is 17.7 Å². The van der Waals surface area contributed by atoms with Gasteiger partial charge in [0.2, 0.25) is 0 Å². The Morgan fingerprint density at radius 1 is 0.879 bits per heavy atom. The molecule has 1 N–H and O–H groups in total. The molecule has 170 valence electrons. The van der Waals surface area contributed by atoms with Crippen molar-refractivity contribution in [2.24, 2.45) is 0 Å². The van der Waals surface area contributed by atoms with Crippen LogP contribution in [0.2, 0.25) is 0 Å². The molecule has 0 saturated heterocycles. The maximum absolute atomic E-state index is 13.7. The third-order valence-electron chi connectivity index (χ3n) is 5.33. The van der Waals surface area contributed by atoms with Crippen molar-refractivity contribution in [1.29, 1.82) is 0 Å². The second-order valence-corrected chi connectivity index (χ2v) is 7.31. The van der Waals surface area contributed by atoms with Gasteiger partial charge in [-0.3, -0.25) is 14.5 Å². The number of carbonyl (C=O) groups is 2. The molecule has 0 radical (unpaired) electrons. The van der Waals surface area contributed by atoms with Gasteiger partial charge in [-0.05, 0) is 42.0 Å². The fraction of sp³-hybridized carbons (Fsp3) is 0.200. The number of hydrogen-bond donors (Lipinski definition) is 1. The van der Waals surface area contributed by atoms with Crippen LogP contribution in [0.4, 0.5) is 11.4 Å². The third-order valence-corrected chi connectivity index (χ3v) is 5.33. The normalized spacial score (nSPS) is 14.7. The molecule has 0 unspecified atom stereocenters. The zero-order valence-electron chi connectivity index (χ0n) is 18.7. The minimum atomic E-state index is -0.588. The zero-order chi connectivity index (χ0) is 23.5. The highest BCUT2D eigenvalue weighted by Gasteiger charge is 2.36. The van der Waals surface area contributed by atoms with Gasteiger partial charge in [-0.1, -0.05) is 18.2 Å². The lowest BCUT2D eigenvalue weighted by Gasteiger charge is -2.38. The van der Waals surface area contributed by atoms with Crippen molar-refractivity contribution >= 4 is 23.3 Å². The maximum atomic E-state index is 13.7. The summed E-state index contributed by atoms with van der Waals surface area (Å²) in [6, 6.07) is 17.7. The van der Waals surface area contributed by atoms with Gasteiger partial charge in [0.05, 0.1) is 32.6 Å². The Hall–Kier alpha value is -4.20. The van der Waals surface area contributed by atoms with Crippen LogP contribution >= 0.6 is 0 Å². The van der Waals surface area contributed by atoms with Crippen LogP contribution in [0, 0.1) is 0 Å². The highest BCUT2D eigenvalue weighted by atomic mass is 16.6. The van der Waals surface area contributed by atoms with Crippen LogP contribution in [0.5, 0.6) is 23.0 Å². The minimum Gasteiger partial charge on any atom is -0.497 e. The number of benzene rings is 3. The lowest BCUT2D eigenvalue weighted by Crippen LogP contribution is -2.43. The largest absolute Gasteiger partial charge is 0.497 e. The van der Waals surface area contributed by atoms with E-state index in [0.717, 1.165) is 5.56 Å². The zero-order valence-corrected chi connectivity index (χ0v) is 18.7. The fourth-order valence-corrected chi connectivity index (χ4v) is 3.81. The Morgan fingerprint density at radius 2 is 1.64 bits per heavy atom. The van der Waals surface area contributed by atoms with Gasteiger partial charge >= 0.3 is 5.97 Å². The lowest BCUT2D eigenvalue weighted by atomic mass is 10.0. The molecule has 8 nitrogen and oxygen atoms in total. The highest BCUT2D eigenvalue weighted by molar-refractivity contribution is 6.12. The van der Waals surface area contributed by atoms with Gasteiger partial charge in [0.15, 0.2) is 11.5 Å². The number of anilines is 2. The van der Waals surface area contributed by atoms with E-state index in [1.54, 1.807) is 61.6 Å². The van der Waals surface area contributed by atoms with E-state index in [4.69, 9.17) is 18.9 Å². The molecule has 33 heavy (non-hydrogen) atoms. The SMILES string of the molecule is COc1ccc(N2C(=O)c3ccccc3N[C@@H]2c2ccc(OC(C)=O)c(OC)c2)c(OC)c1. The lowest BCUT2D eigenvalue weighted by molar-refractivity contribution is -0.132. The van der Waals surface area contributed by atoms with Crippen LogP contribution in [-0.4, -0.2) is 33.2 Å². The van der Waals surface area contributed by atoms with Gasteiger partial charge in [0, 0.05) is 18.7 Å². The number of para-hydroxylation sites is 1. The first-order chi connectivity index (χ1) is 16.0. The smallest absolute Gasteiger partial charge is 0.308 e. The summed E-state index contributed by atoms with van der Waals surface area (Å²) in [5.74, 6) is 1.11. The van der Waals surface area contributed by atoms with Crippen molar-refractivity contribution in [2.75, 3.05) is 31.5 Å². The van der Waals surface area contributed by atoms with Crippen molar-refractivity contribution < 1.29 is 28.5 Å². The molecule has 1 aliphatic heterocycles. The topological polar surface area (TPSA) is 86.3 Å². The first-order valence-corrected chi connectivity index (χ1v) is 10.2. The van der Waals surface area contributed by atoms with Crippen LogP contribution in [0.15, 0.2) is 60.7 Å². The molecular formula is C25H24N2O6. The third kappa shape index (κ3) is 4.15. The Labute approximate surface area is 191 Å². The van der Waals surface area contributed by atoms with Crippen molar-refractivity contribution in [1.82, 2.24) is 0 Å². The highest BCUT2D eigenvalue weighted by Crippen LogP contribution is 2.43. The first-order valence-electron chi connectivity index (χ1n) is 10.2. The van der Waals surface area contributed by atoms with E-state index in [1.807, 2.05) is 18.2 Å². The number of hydrogen-bond acceptors (Lipinski definition) is 7. The summed E-state index contributed by atoms with van der Waals surface area (Å²) in [7, 11) is 4.60. The number of rotatable bonds is 6. The number of nitrogens with one attached hydrogen (secondary N) is 1. The summed E-state index contributed by atoms with van der Waals surface area (Å²) in [5, 5.41) is 3.44. The van der Waals surface area contributed by atoms with E-state index in [-0.39, 0.29) is 5.91 Å². The number of fused-ring (bicyclic) bond motifs is 1. The molecule has 1 heterocycles. The maximum Gasteiger partial charge on any atom is 0.308 e. The number of methoxy groups -OCH3 is 3. The van der Waals surface area contributed by atoms with Gasteiger partial charge in [0.25, 0.3) is 5.91 Å². The van der Waals surface area contributed by atoms with Crippen molar-refractivity contribution in [2.45, 2.75) is 13.1 Å². The summed E-state index contributed by atoms with van der Waals surface area (Å²) in [6.45, 7) is 1.32. The van der Waals surface area contributed by atoms with Crippen molar-refractivity contribution in [3.8, 4) is 23.0 Å². The molecular weight excluding hydrogens is 424 g/mol. The summed E-state index contributed by atoms with van der Waals surface area (Å²) >= 11 is 0. The number of nitrogens with zero attached hydrogens (tertiary/aromatic N) is 1. The summed E-state index contributed by atoms with van der Waals surface area (Å²) in [5.41, 5.74) is 2.54. The van der Waals surface area contributed by atoms with Crippen LogP contribution in [0.25, 0.3) is 0 Å². The Morgan fingerprint density at radius 3 is 2.33 bits per heavy atom. The minimum absolute atomic E-state index is 0.194. The Kier molecular flexibility index (Phi) is 6.08. The van der Waals surface area contributed by atoms with Crippen molar-refractivity contribution in [3.05, 3.63) is 71.8 Å². The summed E-state index contributed by atoms with van der Waals surface area (Å²) < 4.78 is 21.6. The van der Waals surface area contributed by atoms with Crippen LogP contribution in [-0.2, 0) is 4.79 Å². The van der Waals surface area contributed by atoms with Gasteiger partial charge in [-0.2, -0.15) is 0 Å². The predicted octanol–water partition coefficient (Wildman–Crippen LogP) is 4.41. The fourth-order valence-electron chi connectivity index (χ4n) is 3.81. The van der Waals surface area contributed by atoms with Crippen LogP contribution in [0.3, 0.4) is 0 Å². The Balaban J connectivity index is 1.86. The second kappa shape index (κ2) is 9.12. The molecule has 0 aromatic heterocycles. The average Bonchev–Trinajstić information content (AvgIpc) is 2.83. The quantitative estimate of drug-likeness (QED) is 0.442. The van der Waals surface area contributed by atoms with Gasteiger partial charge in [-0.25, -0.2) is 0 Å². The van der Waals surface area contributed by atoms with Crippen LogP contribution < -0.4 is 29.2 Å². The standard InChI is InChI=1S/C25H24N2O6/c1-15(28)33-21-12-9-16(13-23(21)32-4)24-26-19-8-6-5-7-18(19)25(29)27(24)20-11-10-17(30-2)14-22(20)31-3/h5-14,24,26H,1-4H3/t24-/m0/s1. The molecule has 0 fully saturated rings. The summed E-state index contributed by atoms with van der Waals surface area (Å²) in [6.07, 6.45) is -0.588. The molecule has 0 bridgehead atoms. The molecule has 0 aliphatic carbocycles. The first kappa shape index (κ1) is 22.0. The van der Waals surface area contributed by atoms with E-state index in [9.17, 15) is 9.59 Å². The number of amides is 1. The molecule has 4 rings (SSSR count). The molecule has 3 aromatic rings. The van der Waals surface area contributed by atoms with Gasteiger partial charge < -0.3 is 24.3 Å². The van der Waals surface area contributed by atoms with E-state index in [2.05, 4.69) is 5.32 Å². The van der Waals surface area contributed by atoms with Crippen molar-refractivity contribution in [3.63, 3.8) is 0 Å². The number of esters is 1. The number of ether oxygens (including phenoxy) is 4. The van der Waals surface area contributed by atoms with Gasteiger partial charge in [-0.15, -0.1) is 0 Å². The molecule has 1 atom stereocenters. The summed E-state index contributed by atoms with van der Waals surface area (Å²) in [4.78, 5) is 26.8. The van der Waals surface area contributed by atoms with E-state index >= 15 is 0 Å². The molecule has 8 heteroatoms. The molecule has 0 saturated carbocycles. The van der Waals surface area contributed by atoms with Crippen LogP contribution in [0.1, 0.15) is 29.0 Å². The Bertz CT molecular complexity index is 1210. The molecule has 0 spiro atoms. The van der Waals surface area contributed by atoms with E-state index in [0.29, 0.717) is 39.9 Å². The average molecular weight is 448 g/mol. The van der Waals surface area contributed by atoms with E-state index in [1.165, 1.54) is 14.0 Å². The molecule has 1 amide bonds. The predicted molar refractivity (Wildman–Crippen MR) is 123 cm³/mol. The second-order valence-electron chi connectivity index (χ2n) is 7.31. The molecule has 1 aliphatic rings. The molecule has 3 aromatic carbocycles. The monoisotopic (exact) mass is 448 g/mol. The van der Waals surface area contributed by atoms with E-state index < -0.39 is 12.1 Å². The number of carbonyl (C=O) groups excluding carboxylic acids is 2.